The minimum atomic E-state index is -0.726. The second kappa shape index (κ2) is 2.91. The molecule has 1 rings (SSSR count). The van der Waals surface area contributed by atoms with Gasteiger partial charge >= 0.3 is 0 Å². The Labute approximate surface area is 74.1 Å². The van der Waals surface area contributed by atoms with Gasteiger partial charge in [0.05, 0.1) is 5.60 Å². The first kappa shape index (κ1) is 9.27. The number of aliphatic hydroxyl groups is 1. The maximum absolute atomic E-state index is 9.79. The van der Waals surface area contributed by atoms with Gasteiger partial charge in [0.1, 0.15) is 0 Å². The maximum atomic E-state index is 9.79. The van der Waals surface area contributed by atoms with Gasteiger partial charge in [0, 0.05) is 0 Å². The van der Waals surface area contributed by atoms with Crippen molar-refractivity contribution in [3.63, 3.8) is 0 Å². The van der Waals surface area contributed by atoms with Gasteiger partial charge in [-0.25, -0.2) is 0 Å². The maximum Gasteiger partial charge on any atom is 0.0843 e. The quantitative estimate of drug-likeness (QED) is 0.676. The van der Waals surface area contributed by atoms with Gasteiger partial charge in [0.15, 0.2) is 0 Å². The van der Waals surface area contributed by atoms with Crippen LogP contribution in [0.15, 0.2) is 18.2 Å². The van der Waals surface area contributed by atoms with Gasteiger partial charge in [-0.05, 0) is 38.8 Å². The van der Waals surface area contributed by atoms with Crippen molar-refractivity contribution in [1.29, 1.82) is 0 Å². The van der Waals surface area contributed by atoms with E-state index in [9.17, 15) is 5.11 Å². The first-order valence-corrected chi connectivity index (χ1v) is 4.21. The molecule has 66 valence electrons. The molecule has 0 aliphatic rings. The summed E-state index contributed by atoms with van der Waals surface area (Å²) in [6, 6.07) is 6.14. The molecule has 0 atom stereocenters. The second-order valence-electron chi connectivity index (χ2n) is 3.88. The van der Waals surface area contributed by atoms with Gasteiger partial charge in [0.25, 0.3) is 0 Å². The highest BCUT2D eigenvalue weighted by molar-refractivity contribution is 5.33. The van der Waals surface area contributed by atoms with Crippen LogP contribution in [0.3, 0.4) is 0 Å². The highest BCUT2D eigenvalue weighted by atomic mass is 16.3. The molecule has 0 spiro atoms. The fraction of sp³-hybridized carbons (Fsp3) is 0.455. The molecule has 0 aliphatic heterocycles. The van der Waals surface area contributed by atoms with Gasteiger partial charge in [-0.15, -0.1) is 0 Å². The second-order valence-corrected chi connectivity index (χ2v) is 3.88. The third-order valence-corrected chi connectivity index (χ3v) is 2.05. The lowest BCUT2D eigenvalue weighted by molar-refractivity contribution is 0.0779. The molecule has 0 aliphatic carbocycles. The van der Waals surface area contributed by atoms with E-state index in [1.807, 2.05) is 39.8 Å². The Morgan fingerprint density at radius 1 is 1.17 bits per heavy atom. The molecular weight excluding hydrogens is 148 g/mol. The topological polar surface area (TPSA) is 20.2 Å². The first-order valence-electron chi connectivity index (χ1n) is 4.21. The Morgan fingerprint density at radius 3 is 2.17 bits per heavy atom. The lowest BCUT2D eigenvalue weighted by Gasteiger charge is -2.20. The fourth-order valence-corrected chi connectivity index (χ4v) is 1.39. The minimum absolute atomic E-state index is 0.726. The van der Waals surface area contributed by atoms with E-state index in [0.717, 1.165) is 11.1 Å². The van der Waals surface area contributed by atoms with Crippen LogP contribution in [0.4, 0.5) is 0 Å². The third-order valence-electron chi connectivity index (χ3n) is 2.05. The monoisotopic (exact) mass is 164 g/mol. The van der Waals surface area contributed by atoms with Gasteiger partial charge in [0.2, 0.25) is 0 Å². The highest BCUT2D eigenvalue weighted by Crippen LogP contribution is 2.23. The number of aryl methyl sites for hydroxylation is 2. The van der Waals surface area contributed by atoms with Crippen molar-refractivity contribution in [3.8, 4) is 0 Å². The summed E-state index contributed by atoms with van der Waals surface area (Å²) in [6.45, 7) is 7.69. The lowest BCUT2D eigenvalue weighted by Crippen LogP contribution is -2.17. The van der Waals surface area contributed by atoms with Crippen molar-refractivity contribution >= 4 is 0 Å². The van der Waals surface area contributed by atoms with E-state index in [1.54, 1.807) is 0 Å². The zero-order chi connectivity index (χ0) is 9.35. The SMILES string of the molecule is Cc1ccc(C)c(C(C)(C)O)c1. The molecule has 0 amide bonds. The molecule has 0 saturated heterocycles. The Morgan fingerprint density at radius 2 is 1.75 bits per heavy atom. The van der Waals surface area contributed by atoms with Crippen LogP contribution in [0.5, 0.6) is 0 Å². The number of benzene rings is 1. The zero-order valence-corrected chi connectivity index (χ0v) is 8.18. The van der Waals surface area contributed by atoms with E-state index < -0.39 is 5.60 Å². The van der Waals surface area contributed by atoms with Crippen molar-refractivity contribution in [2.75, 3.05) is 0 Å². The van der Waals surface area contributed by atoms with Crippen molar-refractivity contribution in [1.82, 2.24) is 0 Å². The molecular formula is C11H16O. The number of rotatable bonds is 1. The number of hydrogen-bond acceptors (Lipinski definition) is 1. The van der Waals surface area contributed by atoms with Crippen LogP contribution in [0, 0.1) is 13.8 Å². The zero-order valence-electron chi connectivity index (χ0n) is 8.18. The van der Waals surface area contributed by atoms with E-state index in [2.05, 4.69) is 6.07 Å². The van der Waals surface area contributed by atoms with Crippen LogP contribution in [-0.2, 0) is 5.60 Å². The molecule has 1 heteroatoms. The Kier molecular flexibility index (Phi) is 2.25. The summed E-state index contributed by atoms with van der Waals surface area (Å²) in [6.07, 6.45) is 0. The van der Waals surface area contributed by atoms with Crippen LogP contribution in [0.1, 0.15) is 30.5 Å². The average Bonchev–Trinajstić information content (AvgIpc) is 1.92. The van der Waals surface area contributed by atoms with Crippen LogP contribution in [0.2, 0.25) is 0 Å². The van der Waals surface area contributed by atoms with Gasteiger partial charge in [-0.2, -0.15) is 0 Å². The highest BCUT2D eigenvalue weighted by Gasteiger charge is 2.17. The van der Waals surface area contributed by atoms with Crippen molar-refractivity contribution in [2.45, 2.75) is 33.3 Å². The molecule has 0 fully saturated rings. The summed E-state index contributed by atoms with van der Waals surface area (Å²) < 4.78 is 0. The molecule has 0 saturated carbocycles. The normalized spacial score (nSPS) is 11.8. The Hall–Kier alpha value is -0.820. The van der Waals surface area contributed by atoms with Gasteiger partial charge in [-0.3, -0.25) is 0 Å². The average molecular weight is 164 g/mol. The van der Waals surface area contributed by atoms with Crippen molar-refractivity contribution < 1.29 is 5.11 Å². The predicted octanol–water partition coefficient (Wildman–Crippen LogP) is 2.53. The minimum Gasteiger partial charge on any atom is -0.386 e. The van der Waals surface area contributed by atoms with Crippen LogP contribution >= 0.6 is 0 Å². The molecule has 1 aromatic rings. The molecule has 0 heterocycles. The predicted molar refractivity (Wildman–Crippen MR) is 51.2 cm³/mol. The van der Waals surface area contributed by atoms with E-state index in [-0.39, 0.29) is 0 Å². The standard InChI is InChI=1S/C11H16O/c1-8-5-6-9(2)10(7-8)11(3,4)12/h5-7,12H,1-4H3. The van der Waals surface area contributed by atoms with Crippen LogP contribution < -0.4 is 0 Å². The molecule has 0 unspecified atom stereocenters. The van der Waals surface area contributed by atoms with Crippen LogP contribution in [-0.4, -0.2) is 5.11 Å². The summed E-state index contributed by atoms with van der Waals surface area (Å²) in [5.41, 5.74) is 2.63. The van der Waals surface area contributed by atoms with Gasteiger partial charge in [-0.1, -0.05) is 23.8 Å². The molecule has 1 N–H and O–H groups in total. The summed E-state index contributed by atoms with van der Waals surface area (Å²) in [5.74, 6) is 0. The third kappa shape index (κ3) is 1.86. The van der Waals surface area contributed by atoms with Crippen molar-refractivity contribution in [2.24, 2.45) is 0 Å². The van der Waals surface area contributed by atoms with E-state index in [0.29, 0.717) is 0 Å². The first-order chi connectivity index (χ1) is 5.41. The smallest absolute Gasteiger partial charge is 0.0843 e. The Bertz CT molecular complexity index is 282. The largest absolute Gasteiger partial charge is 0.386 e. The fourth-order valence-electron chi connectivity index (χ4n) is 1.39. The molecule has 1 aromatic carbocycles. The summed E-state index contributed by atoms with van der Waals surface area (Å²) in [7, 11) is 0. The van der Waals surface area contributed by atoms with E-state index in [4.69, 9.17) is 0 Å². The summed E-state index contributed by atoms with van der Waals surface area (Å²) in [5, 5.41) is 9.79. The van der Waals surface area contributed by atoms with Crippen molar-refractivity contribution in [3.05, 3.63) is 34.9 Å². The van der Waals surface area contributed by atoms with E-state index in [1.165, 1.54) is 5.56 Å². The van der Waals surface area contributed by atoms with Crippen LogP contribution in [0.25, 0.3) is 0 Å². The molecule has 1 nitrogen and oxygen atoms in total. The number of hydrogen-bond donors (Lipinski definition) is 1. The van der Waals surface area contributed by atoms with E-state index >= 15 is 0 Å². The lowest BCUT2D eigenvalue weighted by atomic mass is 9.92. The molecule has 12 heavy (non-hydrogen) atoms. The van der Waals surface area contributed by atoms with Gasteiger partial charge < -0.3 is 5.11 Å². The molecule has 0 aromatic heterocycles. The Balaban J connectivity index is 3.23. The molecule has 0 bridgehead atoms. The summed E-state index contributed by atoms with van der Waals surface area (Å²) in [4.78, 5) is 0. The molecule has 0 radical (unpaired) electrons. The summed E-state index contributed by atoms with van der Waals surface area (Å²) >= 11 is 0.